The number of aromatic nitrogens is 2. The number of anilines is 1. The molecule has 0 aliphatic heterocycles. The van der Waals surface area contributed by atoms with Crippen LogP contribution >= 0.6 is 11.6 Å². The number of methoxy groups -OCH3 is 1. The number of ether oxygens (including phenoxy) is 1. The Bertz CT molecular complexity index is 1080. The number of hydrogen-bond donors (Lipinski definition) is 1. The molecule has 0 aliphatic rings. The van der Waals surface area contributed by atoms with E-state index in [0.717, 1.165) is 22.4 Å². The Morgan fingerprint density at radius 1 is 0.929 bits per heavy atom. The minimum Gasteiger partial charge on any atom is -0.495 e. The van der Waals surface area contributed by atoms with Gasteiger partial charge in [0.25, 0.3) is 0 Å². The summed E-state index contributed by atoms with van der Waals surface area (Å²) in [4.78, 5) is 0. The van der Waals surface area contributed by atoms with E-state index in [0.29, 0.717) is 29.1 Å². The summed E-state index contributed by atoms with van der Waals surface area (Å²) in [7, 11) is 1.60. The van der Waals surface area contributed by atoms with Crippen molar-refractivity contribution in [3.8, 4) is 28.7 Å². The molecule has 4 aromatic rings. The predicted octanol–water partition coefficient (Wildman–Crippen LogP) is 5.68. The van der Waals surface area contributed by atoms with E-state index in [9.17, 15) is 0 Å². The van der Waals surface area contributed by atoms with Gasteiger partial charge >= 0.3 is 0 Å². The third kappa shape index (κ3) is 3.85. The van der Waals surface area contributed by atoms with E-state index in [1.807, 2.05) is 72.8 Å². The molecule has 0 saturated carbocycles. The Kier molecular flexibility index (Phi) is 5.26. The maximum atomic E-state index is 6.20. The summed E-state index contributed by atoms with van der Waals surface area (Å²) in [6, 6.07) is 23.3. The van der Waals surface area contributed by atoms with Gasteiger partial charge < -0.3 is 14.5 Å². The lowest BCUT2D eigenvalue weighted by atomic mass is 10.1. The molecule has 6 heteroatoms. The Labute approximate surface area is 168 Å². The highest BCUT2D eigenvalue weighted by Gasteiger charge is 2.13. The number of hydrogen-bond acceptors (Lipinski definition) is 5. The number of benzene rings is 3. The lowest BCUT2D eigenvalue weighted by Crippen LogP contribution is -2.01. The quantitative estimate of drug-likeness (QED) is 0.458. The maximum Gasteiger partial charge on any atom is 0.248 e. The minimum atomic E-state index is 0.490. The third-order valence-electron chi connectivity index (χ3n) is 4.33. The molecule has 0 amide bonds. The van der Waals surface area contributed by atoms with Gasteiger partial charge in [0.1, 0.15) is 5.75 Å². The van der Waals surface area contributed by atoms with Crippen LogP contribution in [0.25, 0.3) is 22.9 Å². The molecule has 0 unspecified atom stereocenters. The molecule has 0 bridgehead atoms. The van der Waals surface area contributed by atoms with Crippen molar-refractivity contribution in [1.82, 2.24) is 10.2 Å². The Morgan fingerprint density at radius 3 is 2.46 bits per heavy atom. The van der Waals surface area contributed by atoms with Crippen molar-refractivity contribution in [2.45, 2.75) is 6.54 Å². The fraction of sp³-hybridized carbons (Fsp3) is 0.0909. The van der Waals surface area contributed by atoms with Crippen LogP contribution in [-0.4, -0.2) is 17.3 Å². The first-order chi connectivity index (χ1) is 13.7. The van der Waals surface area contributed by atoms with E-state index in [1.54, 1.807) is 7.11 Å². The molecule has 0 spiro atoms. The smallest absolute Gasteiger partial charge is 0.248 e. The molecule has 0 atom stereocenters. The zero-order valence-corrected chi connectivity index (χ0v) is 16.0. The number of nitrogens with zero attached hydrogens (tertiary/aromatic N) is 2. The molecule has 0 saturated heterocycles. The van der Waals surface area contributed by atoms with Gasteiger partial charge in [-0.25, -0.2) is 0 Å². The minimum absolute atomic E-state index is 0.490. The molecule has 5 nitrogen and oxygen atoms in total. The van der Waals surface area contributed by atoms with Crippen LogP contribution in [0.5, 0.6) is 5.75 Å². The largest absolute Gasteiger partial charge is 0.495 e. The zero-order valence-electron chi connectivity index (χ0n) is 15.2. The van der Waals surface area contributed by atoms with E-state index < -0.39 is 0 Å². The van der Waals surface area contributed by atoms with Gasteiger partial charge in [0.05, 0.1) is 12.1 Å². The van der Waals surface area contributed by atoms with Crippen molar-refractivity contribution < 1.29 is 9.15 Å². The van der Waals surface area contributed by atoms with Crippen molar-refractivity contribution in [3.63, 3.8) is 0 Å². The Hall–Kier alpha value is -3.31. The fourth-order valence-electron chi connectivity index (χ4n) is 2.89. The highest BCUT2D eigenvalue weighted by atomic mass is 35.5. The molecular weight excluding hydrogens is 374 g/mol. The second-order valence-electron chi connectivity index (χ2n) is 6.14. The summed E-state index contributed by atoms with van der Waals surface area (Å²) in [6.07, 6.45) is 0. The first-order valence-electron chi connectivity index (χ1n) is 8.79. The normalized spacial score (nSPS) is 10.6. The molecular formula is C22H18ClN3O2. The molecule has 1 heterocycles. The molecule has 0 aliphatic carbocycles. The van der Waals surface area contributed by atoms with Crippen LogP contribution in [0.2, 0.25) is 5.02 Å². The Morgan fingerprint density at radius 2 is 1.68 bits per heavy atom. The predicted molar refractivity (Wildman–Crippen MR) is 111 cm³/mol. The van der Waals surface area contributed by atoms with Crippen LogP contribution in [0.1, 0.15) is 5.56 Å². The van der Waals surface area contributed by atoms with Crippen molar-refractivity contribution in [2.24, 2.45) is 0 Å². The first-order valence-corrected chi connectivity index (χ1v) is 9.17. The lowest BCUT2D eigenvalue weighted by Gasteiger charge is -2.11. The van der Waals surface area contributed by atoms with E-state index in [4.69, 9.17) is 20.8 Å². The number of rotatable bonds is 6. The van der Waals surface area contributed by atoms with Crippen molar-refractivity contribution in [1.29, 1.82) is 0 Å². The molecule has 3 aromatic carbocycles. The SMILES string of the molecule is COc1ccc(NCc2ccccc2-c2nnc(-c3ccccc3)o2)cc1Cl. The molecule has 0 fully saturated rings. The molecule has 1 aromatic heterocycles. The molecule has 4 rings (SSSR count). The summed E-state index contributed by atoms with van der Waals surface area (Å²) in [5.41, 5.74) is 3.72. The summed E-state index contributed by atoms with van der Waals surface area (Å²) >= 11 is 6.20. The highest BCUT2D eigenvalue weighted by molar-refractivity contribution is 6.32. The van der Waals surface area contributed by atoms with Gasteiger partial charge in [0.15, 0.2) is 0 Å². The number of halogens is 1. The van der Waals surface area contributed by atoms with E-state index >= 15 is 0 Å². The summed E-state index contributed by atoms with van der Waals surface area (Å²) < 4.78 is 11.1. The van der Waals surface area contributed by atoms with Crippen molar-refractivity contribution in [2.75, 3.05) is 12.4 Å². The average molecular weight is 392 g/mol. The summed E-state index contributed by atoms with van der Waals surface area (Å²) in [5.74, 6) is 1.64. The van der Waals surface area contributed by atoms with Crippen molar-refractivity contribution in [3.05, 3.63) is 83.4 Å². The van der Waals surface area contributed by atoms with Gasteiger partial charge in [0.2, 0.25) is 11.8 Å². The fourth-order valence-corrected chi connectivity index (χ4v) is 3.14. The average Bonchev–Trinajstić information content (AvgIpc) is 3.23. The number of nitrogens with one attached hydrogen (secondary N) is 1. The van der Waals surface area contributed by atoms with Crippen LogP contribution in [0.3, 0.4) is 0 Å². The zero-order chi connectivity index (χ0) is 19.3. The molecule has 28 heavy (non-hydrogen) atoms. The monoisotopic (exact) mass is 391 g/mol. The third-order valence-corrected chi connectivity index (χ3v) is 4.62. The van der Waals surface area contributed by atoms with E-state index in [1.165, 1.54) is 0 Å². The van der Waals surface area contributed by atoms with E-state index in [-0.39, 0.29) is 0 Å². The van der Waals surface area contributed by atoms with Gasteiger partial charge in [-0.15, -0.1) is 10.2 Å². The van der Waals surface area contributed by atoms with Crippen molar-refractivity contribution >= 4 is 17.3 Å². The van der Waals surface area contributed by atoms with Gasteiger partial charge in [-0.1, -0.05) is 48.0 Å². The van der Waals surface area contributed by atoms with E-state index in [2.05, 4.69) is 15.5 Å². The van der Waals surface area contributed by atoms with Gasteiger partial charge in [-0.05, 0) is 42.0 Å². The molecule has 140 valence electrons. The first kappa shape index (κ1) is 18.1. The maximum absolute atomic E-state index is 6.20. The van der Waals surface area contributed by atoms with Gasteiger partial charge in [0, 0.05) is 23.4 Å². The second-order valence-corrected chi connectivity index (χ2v) is 6.55. The van der Waals surface area contributed by atoms with Crippen LogP contribution in [0, 0.1) is 0 Å². The molecule has 0 radical (unpaired) electrons. The van der Waals surface area contributed by atoms with Gasteiger partial charge in [-0.2, -0.15) is 0 Å². The second kappa shape index (κ2) is 8.15. The summed E-state index contributed by atoms with van der Waals surface area (Å²) in [5, 5.41) is 12.3. The van der Waals surface area contributed by atoms with Crippen LogP contribution < -0.4 is 10.1 Å². The molecule has 1 N–H and O–H groups in total. The van der Waals surface area contributed by atoms with Crippen LogP contribution in [0.4, 0.5) is 5.69 Å². The lowest BCUT2D eigenvalue weighted by molar-refractivity contribution is 0.415. The summed E-state index contributed by atoms with van der Waals surface area (Å²) in [6.45, 7) is 0.585. The van der Waals surface area contributed by atoms with Crippen LogP contribution in [-0.2, 0) is 6.54 Å². The topological polar surface area (TPSA) is 60.2 Å². The standard InChI is InChI=1S/C22H18ClN3O2/c1-27-20-12-11-17(13-19(20)23)24-14-16-9-5-6-10-18(16)22-26-25-21(28-22)15-7-3-2-4-8-15/h2-13,24H,14H2,1H3. The highest BCUT2D eigenvalue weighted by Crippen LogP contribution is 2.29. The Balaban J connectivity index is 1.56. The van der Waals surface area contributed by atoms with Gasteiger partial charge in [-0.3, -0.25) is 0 Å². The van der Waals surface area contributed by atoms with Crippen LogP contribution in [0.15, 0.2) is 77.2 Å².